The number of benzene rings is 1. The molecule has 0 bridgehead atoms. The maximum absolute atomic E-state index is 14.4. The van der Waals surface area contributed by atoms with Crippen molar-refractivity contribution in [3.63, 3.8) is 0 Å². The number of carbonyl (C=O) groups excluding carboxylic acids is 4. The molecule has 270 valence electrons. The summed E-state index contributed by atoms with van der Waals surface area (Å²) in [6, 6.07) is 7.10. The van der Waals surface area contributed by atoms with Crippen LogP contribution in [0.5, 0.6) is 0 Å². The molecule has 3 heterocycles. The van der Waals surface area contributed by atoms with Gasteiger partial charge in [-0.25, -0.2) is 18.2 Å². The molecule has 2 aliphatic heterocycles. The van der Waals surface area contributed by atoms with Gasteiger partial charge < -0.3 is 30.3 Å². The summed E-state index contributed by atoms with van der Waals surface area (Å²) >= 11 is 0. The maximum Gasteiger partial charge on any atom is 0.408 e. The molecule has 1 aromatic heterocycles. The van der Waals surface area contributed by atoms with E-state index in [-0.39, 0.29) is 39.0 Å². The van der Waals surface area contributed by atoms with E-state index in [2.05, 4.69) is 25.7 Å². The van der Waals surface area contributed by atoms with E-state index < -0.39 is 73.8 Å². The van der Waals surface area contributed by atoms with E-state index in [1.54, 1.807) is 46.0 Å². The molecule has 2 aromatic rings. The largest absolute Gasteiger partial charge is 0.444 e. The highest BCUT2D eigenvalue weighted by atomic mass is 32.2. The number of fused-ring (bicyclic) bond motifs is 3. The van der Waals surface area contributed by atoms with Gasteiger partial charge in [-0.15, -0.1) is 0 Å². The van der Waals surface area contributed by atoms with Crippen LogP contribution in [-0.2, 0) is 33.9 Å². The number of rotatable bonds is 6. The first-order valence-corrected chi connectivity index (χ1v) is 18.6. The maximum atomic E-state index is 14.4. The summed E-state index contributed by atoms with van der Waals surface area (Å²) in [7, 11) is -3.98. The molecule has 15 heteroatoms. The fraction of sp³-hybridized carbons (Fsp3) is 0.571. The summed E-state index contributed by atoms with van der Waals surface area (Å²) in [5.74, 6) is -1.80. The molecule has 2 saturated carbocycles. The van der Waals surface area contributed by atoms with Crippen LogP contribution in [0.1, 0.15) is 66.2 Å². The van der Waals surface area contributed by atoms with Crippen molar-refractivity contribution in [1.29, 1.82) is 0 Å². The van der Waals surface area contributed by atoms with E-state index in [1.165, 1.54) is 4.90 Å². The summed E-state index contributed by atoms with van der Waals surface area (Å²) < 4.78 is 38.5. The normalized spacial score (nSPS) is 28.9. The van der Waals surface area contributed by atoms with E-state index in [9.17, 15) is 27.6 Å². The quantitative estimate of drug-likeness (QED) is 0.325. The lowest BCUT2D eigenvalue weighted by molar-refractivity contribution is -0.141. The van der Waals surface area contributed by atoms with Crippen LogP contribution in [0.4, 0.5) is 10.6 Å². The first kappa shape index (κ1) is 35.6. The van der Waals surface area contributed by atoms with Crippen LogP contribution in [0.3, 0.4) is 0 Å². The standard InChI is InChI=1S/C35H46N6O8S/c1-33(2,3)49-32(45)38-26-12-8-18-48-17-7-10-23-20-35(23,31(44)40-50(46,47)34(4)14-15-34)39-29(42)27-19-24(21-41(27)30(26)43)37-28-25-11-6-5-9-22(25)13-16-36-28/h5-7,9-11,13,16,23-24,26-27H,8,12,14-15,17-21H2,1-4H3,(H,36,37)(H,38,45)(H,39,42)(H,40,44)/b10-7-/t23-,24-,26+,27+,35-/m1/s1. The minimum absolute atomic E-state index is 0.0973. The molecule has 14 nitrogen and oxygen atoms in total. The number of aromatic nitrogens is 1. The number of sulfonamides is 1. The van der Waals surface area contributed by atoms with Gasteiger partial charge in [-0.3, -0.25) is 19.1 Å². The lowest BCUT2D eigenvalue weighted by atomic mass is 10.1. The number of nitrogens with zero attached hydrogens (tertiary/aromatic N) is 2. The predicted molar refractivity (Wildman–Crippen MR) is 185 cm³/mol. The molecule has 1 saturated heterocycles. The number of amides is 4. The molecule has 5 atom stereocenters. The molecule has 4 amide bonds. The molecule has 0 spiro atoms. The second-order valence-electron chi connectivity index (χ2n) is 15.0. The van der Waals surface area contributed by atoms with Crippen LogP contribution < -0.4 is 20.7 Å². The van der Waals surface area contributed by atoms with E-state index in [0.29, 0.717) is 25.1 Å². The number of hydrogen-bond acceptors (Lipinski definition) is 10. The van der Waals surface area contributed by atoms with Crippen LogP contribution >= 0.6 is 0 Å². The second kappa shape index (κ2) is 13.5. The average molecular weight is 711 g/mol. The van der Waals surface area contributed by atoms with Gasteiger partial charge in [-0.1, -0.05) is 36.4 Å². The number of alkyl carbamates (subject to hydrolysis) is 1. The van der Waals surface area contributed by atoms with Crippen molar-refractivity contribution in [2.45, 2.75) is 100 Å². The Morgan fingerprint density at radius 3 is 2.64 bits per heavy atom. The Balaban J connectivity index is 1.30. The first-order valence-electron chi connectivity index (χ1n) is 17.1. The number of pyridine rings is 1. The van der Waals surface area contributed by atoms with Crippen LogP contribution in [0.15, 0.2) is 48.7 Å². The van der Waals surface area contributed by atoms with Gasteiger partial charge >= 0.3 is 6.09 Å². The molecule has 2 aliphatic carbocycles. The zero-order valence-electron chi connectivity index (χ0n) is 28.9. The molecule has 6 rings (SSSR count). The van der Waals surface area contributed by atoms with Crippen molar-refractivity contribution >= 4 is 50.4 Å². The van der Waals surface area contributed by atoms with Gasteiger partial charge in [-0.05, 0) is 77.7 Å². The van der Waals surface area contributed by atoms with Crippen molar-refractivity contribution in [2.75, 3.05) is 25.1 Å². The Labute approximate surface area is 292 Å². The third kappa shape index (κ3) is 7.58. The minimum atomic E-state index is -3.98. The monoisotopic (exact) mass is 710 g/mol. The fourth-order valence-corrected chi connectivity index (χ4v) is 7.91. The van der Waals surface area contributed by atoms with Crippen molar-refractivity contribution in [3.05, 3.63) is 48.7 Å². The fourth-order valence-electron chi connectivity index (χ4n) is 6.59. The number of ether oxygens (including phenoxy) is 2. The van der Waals surface area contributed by atoms with E-state index >= 15 is 0 Å². The van der Waals surface area contributed by atoms with Gasteiger partial charge in [0.1, 0.15) is 29.0 Å². The van der Waals surface area contributed by atoms with Crippen molar-refractivity contribution in [1.82, 2.24) is 25.2 Å². The smallest absolute Gasteiger partial charge is 0.408 e. The SMILES string of the molecule is CC(C)(C)OC(=O)N[C@H]1CCCOC/C=C\[C@@H]2C[C@@]2(C(=O)NS(=O)(=O)C2(C)CC2)NC(=O)[C@@H]2C[C@@H](Nc3nccc4ccccc34)CN2C1=O. The second-order valence-corrected chi connectivity index (χ2v) is 17.2. The highest BCUT2D eigenvalue weighted by Gasteiger charge is 2.63. The number of anilines is 1. The van der Waals surface area contributed by atoms with Gasteiger partial charge in [0, 0.05) is 36.7 Å². The Hall–Kier alpha value is -4.24. The van der Waals surface area contributed by atoms with Gasteiger partial charge in [0.25, 0.3) is 5.91 Å². The zero-order chi connectivity index (χ0) is 35.9. The Morgan fingerprint density at radius 1 is 1.14 bits per heavy atom. The number of hydrogen-bond donors (Lipinski definition) is 4. The molecule has 3 fully saturated rings. The van der Waals surface area contributed by atoms with Gasteiger partial charge in [0.2, 0.25) is 21.8 Å². The lowest BCUT2D eigenvalue weighted by Gasteiger charge is -2.30. The van der Waals surface area contributed by atoms with Crippen LogP contribution in [0, 0.1) is 5.92 Å². The lowest BCUT2D eigenvalue weighted by Crippen LogP contribution is -2.58. The molecule has 0 unspecified atom stereocenters. The Bertz CT molecular complexity index is 1800. The van der Waals surface area contributed by atoms with Gasteiger partial charge in [0.05, 0.1) is 11.4 Å². The molecule has 4 N–H and O–H groups in total. The van der Waals surface area contributed by atoms with Crippen molar-refractivity contribution in [3.8, 4) is 0 Å². The molecular weight excluding hydrogens is 664 g/mol. The Morgan fingerprint density at radius 2 is 1.90 bits per heavy atom. The summed E-state index contributed by atoms with van der Waals surface area (Å²) in [4.78, 5) is 61.2. The van der Waals surface area contributed by atoms with Crippen molar-refractivity contribution in [2.24, 2.45) is 5.92 Å². The molecule has 50 heavy (non-hydrogen) atoms. The van der Waals surface area contributed by atoms with E-state index in [4.69, 9.17) is 9.47 Å². The summed E-state index contributed by atoms with van der Waals surface area (Å²) in [5.41, 5.74) is -2.34. The van der Waals surface area contributed by atoms with Crippen LogP contribution in [0.25, 0.3) is 10.8 Å². The molecule has 4 aliphatic rings. The van der Waals surface area contributed by atoms with Gasteiger partial charge in [0.15, 0.2) is 0 Å². The number of nitrogens with one attached hydrogen (secondary N) is 4. The summed E-state index contributed by atoms with van der Waals surface area (Å²) in [6.07, 6.45) is 6.28. The highest BCUT2D eigenvalue weighted by molar-refractivity contribution is 7.91. The minimum Gasteiger partial charge on any atom is -0.444 e. The predicted octanol–water partition coefficient (Wildman–Crippen LogP) is 2.75. The molecule has 1 aromatic carbocycles. The van der Waals surface area contributed by atoms with E-state index in [0.717, 1.165) is 10.8 Å². The summed E-state index contributed by atoms with van der Waals surface area (Å²) in [6.45, 7) is 7.34. The first-order chi connectivity index (χ1) is 23.6. The highest BCUT2D eigenvalue weighted by Crippen LogP contribution is 2.47. The van der Waals surface area contributed by atoms with E-state index in [1.807, 2.05) is 30.3 Å². The average Bonchev–Trinajstić information content (AvgIpc) is 3.92. The molecular formula is C35H46N6O8S. The third-order valence-electron chi connectivity index (χ3n) is 9.85. The summed E-state index contributed by atoms with van der Waals surface area (Å²) in [5, 5.41) is 10.8. The number of carbonyl (C=O) groups is 4. The van der Waals surface area contributed by atoms with Crippen LogP contribution in [0.2, 0.25) is 0 Å². The van der Waals surface area contributed by atoms with Gasteiger partial charge in [-0.2, -0.15) is 0 Å². The van der Waals surface area contributed by atoms with Crippen LogP contribution in [-0.4, -0.2) is 95.9 Å². The van der Waals surface area contributed by atoms with Crippen molar-refractivity contribution < 1.29 is 37.1 Å². The third-order valence-corrected chi connectivity index (χ3v) is 12.0. The topological polar surface area (TPSA) is 185 Å². The zero-order valence-corrected chi connectivity index (χ0v) is 29.7. The molecule has 0 radical (unpaired) electrons. The Kier molecular flexibility index (Phi) is 9.59.